The molecule has 4 rings (SSSR count). The zero-order valence-electron chi connectivity index (χ0n) is 16.2. The van der Waals surface area contributed by atoms with Crippen LogP contribution in [0.15, 0.2) is 27.4 Å². The summed E-state index contributed by atoms with van der Waals surface area (Å²) in [5.41, 5.74) is 2.04. The van der Waals surface area contributed by atoms with Gasteiger partial charge in [0.15, 0.2) is 6.61 Å². The summed E-state index contributed by atoms with van der Waals surface area (Å²) in [5, 5.41) is 14.7. The first-order valence-corrected chi connectivity index (χ1v) is 10.2. The summed E-state index contributed by atoms with van der Waals surface area (Å²) in [4.78, 5) is 35.1. The fourth-order valence-corrected chi connectivity index (χ4v) is 4.41. The summed E-state index contributed by atoms with van der Waals surface area (Å²) >= 11 is 0. The van der Waals surface area contributed by atoms with Crippen LogP contribution < -0.4 is 20.8 Å². The summed E-state index contributed by atoms with van der Waals surface area (Å²) in [6, 6.07) is 5.32. The van der Waals surface area contributed by atoms with E-state index in [1.807, 2.05) is 6.07 Å². The maximum absolute atomic E-state index is 12.1. The van der Waals surface area contributed by atoms with Crippen LogP contribution in [0.2, 0.25) is 0 Å². The Morgan fingerprint density at radius 3 is 2.66 bits per heavy atom. The average Bonchev–Trinajstić information content (AvgIpc) is 3.21. The Hall–Kier alpha value is -2.83. The number of carboxylic acid groups (broad SMARTS) is 1. The van der Waals surface area contributed by atoms with Crippen molar-refractivity contribution in [3.63, 3.8) is 0 Å². The van der Waals surface area contributed by atoms with Gasteiger partial charge in [0.25, 0.3) is 5.91 Å². The molecule has 0 spiro atoms. The molecule has 1 N–H and O–H groups in total. The van der Waals surface area contributed by atoms with E-state index in [1.165, 1.54) is 0 Å². The second-order valence-electron chi connectivity index (χ2n) is 7.99. The number of hydrogen-bond acceptors (Lipinski definition) is 6. The molecule has 1 saturated carbocycles. The van der Waals surface area contributed by atoms with Gasteiger partial charge in [-0.1, -0.05) is 0 Å². The second kappa shape index (κ2) is 8.27. The lowest BCUT2D eigenvalue weighted by molar-refractivity contribution is -0.312. The van der Waals surface area contributed by atoms with Gasteiger partial charge in [-0.15, -0.1) is 0 Å². The Morgan fingerprint density at radius 2 is 1.90 bits per heavy atom. The van der Waals surface area contributed by atoms with Crippen LogP contribution in [-0.2, 0) is 22.4 Å². The highest BCUT2D eigenvalue weighted by atomic mass is 16.5. The molecule has 154 valence electrons. The van der Waals surface area contributed by atoms with Crippen molar-refractivity contribution < 1.29 is 23.8 Å². The van der Waals surface area contributed by atoms with Crippen LogP contribution in [0.5, 0.6) is 5.75 Å². The Bertz CT molecular complexity index is 987. The standard InChI is InChI=1S/C22H25NO6/c24-20(23-11-13-4-6-14(7-5-13)21(25)26)12-28-15-8-9-17-16-2-1-3-18(16)22(27)29-19(17)10-15/h8-10,13-14H,1-7,11-12H2,(H,23,24)(H,25,26)/p-1. The van der Waals surface area contributed by atoms with Gasteiger partial charge in [-0.05, 0) is 74.5 Å². The van der Waals surface area contributed by atoms with Gasteiger partial charge < -0.3 is 24.4 Å². The number of carbonyl (C=O) groups is 2. The van der Waals surface area contributed by atoms with Gasteiger partial charge in [-0.3, -0.25) is 4.79 Å². The predicted molar refractivity (Wildman–Crippen MR) is 103 cm³/mol. The molecule has 29 heavy (non-hydrogen) atoms. The van der Waals surface area contributed by atoms with Crippen molar-refractivity contribution in [1.29, 1.82) is 0 Å². The van der Waals surface area contributed by atoms with Crippen LogP contribution in [0.4, 0.5) is 0 Å². The normalized spacial score (nSPS) is 21.0. The lowest BCUT2D eigenvalue weighted by Gasteiger charge is -2.29. The number of aryl methyl sites for hydroxylation is 1. The smallest absolute Gasteiger partial charge is 0.339 e. The highest BCUT2D eigenvalue weighted by Gasteiger charge is 2.22. The molecule has 2 aliphatic carbocycles. The van der Waals surface area contributed by atoms with Crippen LogP contribution in [0.3, 0.4) is 0 Å². The van der Waals surface area contributed by atoms with Crippen LogP contribution in [0.1, 0.15) is 43.2 Å². The van der Waals surface area contributed by atoms with Crippen molar-refractivity contribution in [3.05, 3.63) is 39.7 Å². The second-order valence-corrected chi connectivity index (χ2v) is 7.99. The van der Waals surface area contributed by atoms with Crippen molar-refractivity contribution in [3.8, 4) is 5.75 Å². The van der Waals surface area contributed by atoms with Crippen LogP contribution in [-0.4, -0.2) is 25.0 Å². The third-order valence-electron chi connectivity index (χ3n) is 6.08. The van der Waals surface area contributed by atoms with Gasteiger partial charge in [-0.25, -0.2) is 4.79 Å². The highest BCUT2D eigenvalue weighted by Crippen LogP contribution is 2.30. The number of ether oxygens (including phenoxy) is 1. The number of hydrogen-bond donors (Lipinski definition) is 1. The molecule has 0 bridgehead atoms. The van der Waals surface area contributed by atoms with E-state index in [0.29, 0.717) is 30.7 Å². The topological polar surface area (TPSA) is 109 Å². The van der Waals surface area contributed by atoms with Gasteiger partial charge >= 0.3 is 5.63 Å². The van der Waals surface area contributed by atoms with Crippen molar-refractivity contribution in [1.82, 2.24) is 5.32 Å². The molecule has 0 saturated heterocycles. The van der Waals surface area contributed by atoms with E-state index in [1.54, 1.807) is 12.1 Å². The first kappa shape index (κ1) is 19.5. The molecular weight excluding hydrogens is 374 g/mol. The molecule has 1 aromatic heterocycles. The molecule has 0 atom stereocenters. The molecule has 1 heterocycles. The summed E-state index contributed by atoms with van der Waals surface area (Å²) in [7, 11) is 0. The van der Waals surface area contributed by atoms with Gasteiger partial charge in [0, 0.05) is 29.5 Å². The van der Waals surface area contributed by atoms with E-state index >= 15 is 0 Å². The average molecular weight is 398 g/mol. The fraction of sp³-hybridized carbons (Fsp3) is 0.500. The molecule has 1 fully saturated rings. The first-order chi connectivity index (χ1) is 14.0. The molecule has 7 nitrogen and oxygen atoms in total. The number of carboxylic acids is 1. The number of aliphatic carboxylic acids is 1. The molecule has 0 unspecified atom stereocenters. The third-order valence-corrected chi connectivity index (χ3v) is 6.08. The number of amides is 1. The Labute approximate surface area is 168 Å². The Kier molecular flexibility index (Phi) is 5.56. The Morgan fingerprint density at radius 1 is 1.14 bits per heavy atom. The van der Waals surface area contributed by atoms with Crippen molar-refractivity contribution in [2.75, 3.05) is 13.2 Å². The molecule has 1 amide bonds. The zero-order chi connectivity index (χ0) is 20.4. The summed E-state index contributed by atoms with van der Waals surface area (Å²) < 4.78 is 11.0. The Balaban J connectivity index is 1.29. The zero-order valence-corrected chi connectivity index (χ0v) is 16.2. The lowest BCUT2D eigenvalue weighted by Crippen LogP contribution is -2.37. The molecule has 0 radical (unpaired) electrons. The van der Waals surface area contributed by atoms with Crippen LogP contribution in [0, 0.1) is 11.8 Å². The van der Waals surface area contributed by atoms with Gasteiger partial charge in [-0.2, -0.15) is 0 Å². The van der Waals surface area contributed by atoms with E-state index in [-0.39, 0.29) is 30.0 Å². The minimum absolute atomic E-state index is 0.130. The summed E-state index contributed by atoms with van der Waals surface area (Å²) in [6.45, 7) is 0.385. The van der Waals surface area contributed by atoms with E-state index < -0.39 is 5.97 Å². The van der Waals surface area contributed by atoms with Gasteiger partial charge in [0.05, 0.1) is 0 Å². The van der Waals surface area contributed by atoms with E-state index in [9.17, 15) is 19.5 Å². The van der Waals surface area contributed by atoms with Crippen molar-refractivity contribution >= 4 is 22.8 Å². The quantitative estimate of drug-likeness (QED) is 0.736. The largest absolute Gasteiger partial charge is 0.550 e. The molecule has 2 aromatic rings. The summed E-state index contributed by atoms with van der Waals surface area (Å²) in [6.07, 6.45) is 5.36. The molecular formula is C22H24NO6-. The lowest BCUT2D eigenvalue weighted by atomic mass is 9.82. The van der Waals surface area contributed by atoms with Crippen LogP contribution >= 0.6 is 0 Å². The van der Waals surface area contributed by atoms with E-state index in [2.05, 4.69) is 5.32 Å². The van der Waals surface area contributed by atoms with E-state index in [0.717, 1.165) is 48.6 Å². The predicted octanol–water partition coefficient (Wildman–Crippen LogP) is 1.33. The molecule has 2 aliphatic rings. The highest BCUT2D eigenvalue weighted by molar-refractivity contribution is 5.83. The van der Waals surface area contributed by atoms with E-state index in [4.69, 9.17) is 9.15 Å². The first-order valence-electron chi connectivity index (χ1n) is 10.2. The van der Waals surface area contributed by atoms with Crippen LogP contribution in [0.25, 0.3) is 11.0 Å². The number of rotatable bonds is 6. The van der Waals surface area contributed by atoms with Gasteiger partial charge in [0.2, 0.25) is 0 Å². The van der Waals surface area contributed by atoms with Crippen molar-refractivity contribution in [2.45, 2.75) is 44.9 Å². The van der Waals surface area contributed by atoms with Crippen molar-refractivity contribution in [2.24, 2.45) is 11.8 Å². The third kappa shape index (κ3) is 4.28. The number of carbonyl (C=O) groups excluding carboxylic acids is 2. The summed E-state index contributed by atoms with van der Waals surface area (Å²) in [5.74, 6) is -0.811. The SMILES string of the molecule is O=C(COc1ccc2c3c(c(=O)oc2c1)CCC3)NCC1CCC(C(=O)[O-])CC1. The minimum Gasteiger partial charge on any atom is -0.550 e. The maximum Gasteiger partial charge on any atom is 0.339 e. The van der Waals surface area contributed by atoms with Gasteiger partial charge in [0.1, 0.15) is 11.3 Å². The monoisotopic (exact) mass is 398 g/mol. The number of benzene rings is 1. The molecule has 7 heteroatoms. The molecule has 1 aromatic carbocycles. The number of nitrogens with one attached hydrogen (secondary N) is 1. The number of fused-ring (bicyclic) bond motifs is 3. The maximum atomic E-state index is 12.1. The minimum atomic E-state index is -0.975. The fourth-order valence-electron chi connectivity index (χ4n) is 4.41. The molecule has 0 aliphatic heterocycles.